The van der Waals surface area contributed by atoms with Crippen molar-refractivity contribution < 1.29 is 4.79 Å². The molecule has 2 heterocycles. The molecule has 8 heteroatoms. The zero-order chi connectivity index (χ0) is 30.8. The Morgan fingerprint density at radius 3 is 2.18 bits per heavy atom. The standard InChI is InChI=1S/C36H41N7O/c1-23(2)35(38-4)36(44)43-24(3)13-14-42(43)22-41-33(19-37)31-11-9-27-15-25(5-7-29(27)17-31)26-6-8-30-18-32(12-10-28(30)16-26)34-20-39-21-40-34/h5-12,15-21,23-24,35,38,41H,13-14,22,37H2,1-4H3,(H,39,40)/b33-19-. The van der Waals surface area contributed by atoms with E-state index in [1.807, 2.05) is 18.3 Å². The van der Waals surface area contributed by atoms with E-state index in [9.17, 15) is 4.79 Å². The van der Waals surface area contributed by atoms with Crippen molar-refractivity contribution in [2.24, 2.45) is 11.7 Å². The Balaban J connectivity index is 1.18. The molecule has 5 aromatic rings. The van der Waals surface area contributed by atoms with Crippen LogP contribution < -0.4 is 16.4 Å². The number of fused-ring (bicyclic) bond motifs is 2. The lowest BCUT2D eigenvalue weighted by Crippen LogP contribution is -2.55. The largest absolute Gasteiger partial charge is 0.403 e. The van der Waals surface area contributed by atoms with Crippen molar-refractivity contribution in [2.45, 2.75) is 39.3 Å². The van der Waals surface area contributed by atoms with Gasteiger partial charge in [0, 0.05) is 24.4 Å². The summed E-state index contributed by atoms with van der Waals surface area (Å²) in [6.07, 6.45) is 6.09. The second-order valence-corrected chi connectivity index (χ2v) is 12.0. The number of hydrogen-bond donors (Lipinski definition) is 4. The zero-order valence-electron chi connectivity index (χ0n) is 25.8. The summed E-state index contributed by atoms with van der Waals surface area (Å²) in [5, 5.41) is 15.4. The molecule has 1 amide bonds. The monoisotopic (exact) mass is 587 g/mol. The number of amides is 1. The van der Waals surface area contributed by atoms with Crippen LogP contribution in [0.3, 0.4) is 0 Å². The quantitative estimate of drug-likeness (QED) is 0.170. The number of nitrogens with one attached hydrogen (secondary N) is 3. The Hall–Kier alpha value is -4.66. The minimum absolute atomic E-state index is 0.111. The van der Waals surface area contributed by atoms with Crippen molar-refractivity contribution in [2.75, 3.05) is 20.3 Å². The zero-order valence-corrected chi connectivity index (χ0v) is 25.8. The number of nitrogens with two attached hydrogens (primary N) is 1. The third-order valence-corrected chi connectivity index (χ3v) is 8.75. The second kappa shape index (κ2) is 12.5. The molecule has 0 bridgehead atoms. The third kappa shape index (κ3) is 5.78. The van der Waals surface area contributed by atoms with Crippen molar-refractivity contribution in [3.8, 4) is 22.4 Å². The highest BCUT2D eigenvalue weighted by Gasteiger charge is 2.36. The van der Waals surface area contributed by atoms with E-state index in [1.165, 1.54) is 21.9 Å². The van der Waals surface area contributed by atoms with Gasteiger partial charge >= 0.3 is 0 Å². The molecule has 1 aliphatic rings. The van der Waals surface area contributed by atoms with Gasteiger partial charge in [0.15, 0.2) is 0 Å². The summed E-state index contributed by atoms with van der Waals surface area (Å²) >= 11 is 0. The normalized spacial score (nSPS) is 16.7. The lowest BCUT2D eigenvalue weighted by molar-refractivity contribution is -0.150. The molecule has 8 nitrogen and oxygen atoms in total. The van der Waals surface area contributed by atoms with E-state index in [0.717, 1.165) is 46.3 Å². The fourth-order valence-electron chi connectivity index (χ4n) is 6.27. The second-order valence-electron chi connectivity index (χ2n) is 12.0. The topological polar surface area (TPSA) is 102 Å². The Kier molecular flexibility index (Phi) is 8.37. The Morgan fingerprint density at radius 2 is 1.59 bits per heavy atom. The maximum atomic E-state index is 13.4. The molecule has 5 N–H and O–H groups in total. The van der Waals surface area contributed by atoms with Gasteiger partial charge in [0.25, 0.3) is 5.91 Å². The molecule has 1 fully saturated rings. The predicted octanol–water partition coefficient (Wildman–Crippen LogP) is 5.94. The average Bonchev–Trinajstić information content (AvgIpc) is 3.71. The summed E-state index contributed by atoms with van der Waals surface area (Å²) in [4.78, 5) is 20.7. The summed E-state index contributed by atoms with van der Waals surface area (Å²) in [5.74, 6) is 0.314. The van der Waals surface area contributed by atoms with Gasteiger partial charge in [-0.15, -0.1) is 0 Å². The van der Waals surface area contributed by atoms with Gasteiger partial charge in [-0.2, -0.15) is 5.01 Å². The van der Waals surface area contributed by atoms with Crippen LogP contribution in [0.1, 0.15) is 32.8 Å². The average molecular weight is 588 g/mol. The molecule has 0 spiro atoms. The number of carbonyl (C=O) groups is 1. The summed E-state index contributed by atoms with van der Waals surface area (Å²) in [5.41, 5.74) is 12.4. The predicted molar refractivity (Wildman–Crippen MR) is 180 cm³/mol. The first-order chi connectivity index (χ1) is 21.4. The maximum absolute atomic E-state index is 13.4. The van der Waals surface area contributed by atoms with Gasteiger partial charge in [-0.1, -0.05) is 62.4 Å². The summed E-state index contributed by atoms with van der Waals surface area (Å²) in [7, 11) is 1.85. The van der Waals surface area contributed by atoms with Crippen LogP contribution in [0.15, 0.2) is 91.5 Å². The molecule has 2 unspecified atom stereocenters. The van der Waals surface area contributed by atoms with E-state index >= 15 is 0 Å². The Labute approximate surface area is 258 Å². The Bertz CT molecular complexity index is 1810. The van der Waals surface area contributed by atoms with Crippen molar-refractivity contribution in [3.63, 3.8) is 0 Å². The van der Waals surface area contributed by atoms with Crippen LogP contribution in [0.25, 0.3) is 49.6 Å². The molecule has 1 aromatic heterocycles. The third-order valence-electron chi connectivity index (χ3n) is 8.75. The van der Waals surface area contributed by atoms with Crippen molar-refractivity contribution in [1.29, 1.82) is 0 Å². The molecule has 6 rings (SSSR count). The van der Waals surface area contributed by atoms with Gasteiger partial charge in [0.2, 0.25) is 0 Å². The molecule has 4 aromatic carbocycles. The number of imidazole rings is 1. The first-order valence-corrected chi connectivity index (χ1v) is 15.3. The van der Waals surface area contributed by atoms with Gasteiger partial charge in [0.1, 0.15) is 0 Å². The molecule has 1 saturated heterocycles. The van der Waals surface area contributed by atoms with E-state index in [4.69, 9.17) is 5.73 Å². The van der Waals surface area contributed by atoms with Crippen molar-refractivity contribution in [1.82, 2.24) is 30.6 Å². The summed E-state index contributed by atoms with van der Waals surface area (Å²) in [6.45, 7) is 7.56. The molecule has 226 valence electrons. The highest BCUT2D eigenvalue weighted by Crippen LogP contribution is 2.31. The van der Waals surface area contributed by atoms with E-state index in [1.54, 1.807) is 12.5 Å². The van der Waals surface area contributed by atoms with E-state index in [2.05, 4.69) is 119 Å². The van der Waals surface area contributed by atoms with E-state index in [-0.39, 0.29) is 23.9 Å². The number of benzene rings is 4. The number of likely N-dealkylation sites (N-methyl/N-ethyl adjacent to an activating group) is 1. The first-order valence-electron chi connectivity index (χ1n) is 15.3. The van der Waals surface area contributed by atoms with Crippen LogP contribution >= 0.6 is 0 Å². The van der Waals surface area contributed by atoms with Crippen LogP contribution in [-0.2, 0) is 4.79 Å². The van der Waals surface area contributed by atoms with Gasteiger partial charge in [-0.25, -0.2) is 4.98 Å². The summed E-state index contributed by atoms with van der Waals surface area (Å²) in [6, 6.07) is 26.0. The number of aromatic amines is 1. The number of hydrazine groups is 1. The van der Waals surface area contributed by atoms with E-state index in [0.29, 0.717) is 6.67 Å². The van der Waals surface area contributed by atoms with Crippen LogP contribution in [0, 0.1) is 5.92 Å². The minimum Gasteiger partial charge on any atom is -0.403 e. The number of H-pyrrole nitrogens is 1. The molecule has 2 atom stereocenters. The maximum Gasteiger partial charge on any atom is 0.254 e. The fourth-order valence-corrected chi connectivity index (χ4v) is 6.27. The molecule has 44 heavy (non-hydrogen) atoms. The van der Waals surface area contributed by atoms with Crippen LogP contribution in [-0.4, -0.2) is 58.2 Å². The first kappa shape index (κ1) is 29.4. The highest BCUT2D eigenvalue weighted by atomic mass is 16.2. The number of carbonyl (C=O) groups excluding carboxylic acids is 1. The van der Waals surface area contributed by atoms with Crippen LogP contribution in [0.5, 0.6) is 0 Å². The van der Waals surface area contributed by atoms with Gasteiger partial charge in [0.05, 0.1) is 36.6 Å². The van der Waals surface area contributed by atoms with Crippen molar-refractivity contribution >= 4 is 33.1 Å². The van der Waals surface area contributed by atoms with E-state index < -0.39 is 0 Å². The molecular weight excluding hydrogens is 546 g/mol. The minimum atomic E-state index is -0.219. The SMILES string of the molecule is CNC(C(=O)N1C(C)CCN1CN/C(=C\N)c1ccc2cc(-c3ccc4cc(-c5cnc[nH]5)ccc4c3)ccc2c1)C(C)C. The highest BCUT2D eigenvalue weighted by molar-refractivity contribution is 5.93. The molecule has 1 aliphatic heterocycles. The lowest BCUT2D eigenvalue weighted by atomic mass is 9.96. The molecule has 0 saturated carbocycles. The lowest BCUT2D eigenvalue weighted by Gasteiger charge is -2.35. The fraction of sp³-hybridized carbons (Fsp3) is 0.278. The molecule has 0 aliphatic carbocycles. The molecular formula is C36H41N7O. The van der Waals surface area contributed by atoms with Gasteiger partial charge in [-0.05, 0) is 88.8 Å². The number of aromatic nitrogens is 2. The molecule has 0 radical (unpaired) electrons. The van der Waals surface area contributed by atoms with Crippen molar-refractivity contribution in [3.05, 3.63) is 97.1 Å². The smallest absolute Gasteiger partial charge is 0.254 e. The van der Waals surface area contributed by atoms with Crippen LogP contribution in [0.4, 0.5) is 0 Å². The summed E-state index contributed by atoms with van der Waals surface area (Å²) < 4.78 is 0. The number of nitrogens with zero attached hydrogens (tertiary/aromatic N) is 3. The van der Waals surface area contributed by atoms with Gasteiger partial charge < -0.3 is 21.4 Å². The van der Waals surface area contributed by atoms with Crippen LogP contribution in [0.2, 0.25) is 0 Å². The number of hydrogen-bond acceptors (Lipinski definition) is 6. The van der Waals surface area contributed by atoms with Gasteiger partial charge in [-0.3, -0.25) is 9.80 Å². The Morgan fingerprint density at radius 1 is 0.977 bits per heavy atom. The number of rotatable bonds is 9.